The molecule has 0 unspecified atom stereocenters. The Morgan fingerprint density at radius 1 is 0.974 bits per heavy atom. The number of carbonyl (C=O) groups is 3. The van der Waals surface area contributed by atoms with Gasteiger partial charge in [-0.05, 0) is 51.1 Å². The van der Waals surface area contributed by atoms with Crippen LogP contribution in [0.2, 0.25) is 0 Å². The Bertz CT molecular complexity index is 1210. The molecule has 0 saturated carbocycles. The van der Waals surface area contributed by atoms with Gasteiger partial charge in [-0.25, -0.2) is 4.79 Å². The van der Waals surface area contributed by atoms with E-state index < -0.39 is 36.4 Å². The van der Waals surface area contributed by atoms with Crippen LogP contribution in [0.4, 0.5) is 0 Å². The Labute approximate surface area is 232 Å². The first-order chi connectivity index (χ1) is 18.3. The molecule has 0 fully saturated rings. The number of carboxylic acids is 3. The number of hydrogen-bond donors (Lipinski definition) is 4. The second kappa shape index (κ2) is 14.6. The number of aliphatic hydroxyl groups is 1. The fraction of sp³-hybridized carbons (Fsp3) is 0.429. The van der Waals surface area contributed by atoms with Crippen molar-refractivity contribution in [3.63, 3.8) is 0 Å². The lowest BCUT2D eigenvalue weighted by Crippen LogP contribution is -2.42. The van der Waals surface area contributed by atoms with Gasteiger partial charge in [-0.1, -0.05) is 36.4 Å². The van der Waals surface area contributed by atoms with E-state index in [0.717, 1.165) is 31.7 Å². The quantitative estimate of drug-likeness (QED) is 0.242. The number of benzene rings is 1. The van der Waals surface area contributed by atoms with Crippen LogP contribution in [0, 0.1) is 13.8 Å². The van der Waals surface area contributed by atoms with E-state index in [1.54, 1.807) is 0 Å². The fourth-order valence-electron chi connectivity index (χ4n) is 4.14. The molecule has 0 aliphatic rings. The smallest absolute Gasteiger partial charge is 0.336 e. The molecule has 1 aromatic carbocycles. The van der Waals surface area contributed by atoms with Crippen LogP contribution in [-0.2, 0) is 33.9 Å². The van der Waals surface area contributed by atoms with Crippen LogP contribution >= 0.6 is 11.3 Å². The van der Waals surface area contributed by atoms with E-state index in [2.05, 4.69) is 85.1 Å². The van der Waals surface area contributed by atoms with E-state index in [1.165, 1.54) is 21.7 Å². The molecule has 39 heavy (non-hydrogen) atoms. The molecule has 10 nitrogen and oxygen atoms in total. The number of carboxylic acid groups (broad SMARTS) is 3. The van der Waals surface area contributed by atoms with Gasteiger partial charge in [0.2, 0.25) is 0 Å². The van der Waals surface area contributed by atoms with E-state index in [4.69, 9.17) is 25.5 Å². The number of thiophene rings is 1. The molecule has 2 heterocycles. The molecule has 0 aliphatic carbocycles. The predicted octanol–water partition coefficient (Wildman–Crippen LogP) is 4.14. The van der Waals surface area contributed by atoms with E-state index in [1.807, 2.05) is 11.3 Å². The highest BCUT2D eigenvalue weighted by atomic mass is 32.1. The molecule has 0 atom stereocenters. The maximum atomic E-state index is 10.3. The first kappa shape index (κ1) is 31.7. The second-order valence-corrected chi connectivity index (χ2v) is 10.7. The van der Waals surface area contributed by atoms with Gasteiger partial charge in [-0.3, -0.25) is 19.2 Å². The maximum absolute atomic E-state index is 10.3. The Morgan fingerprint density at radius 3 is 2.05 bits per heavy atom. The van der Waals surface area contributed by atoms with E-state index in [-0.39, 0.29) is 0 Å². The molecule has 4 N–H and O–H groups in total. The van der Waals surface area contributed by atoms with Gasteiger partial charge in [-0.2, -0.15) is 5.10 Å². The lowest BCUT2D eigenvalue weighted by Gasteiger charge is -2.22. The summed E-state index contributed by atoms with van der Waals surface area (Å²) >= 11 is 1.84. The average Bonchev–Trinajstić information content (AvgIpc) is 3.46. The van der Waals surface area contributed by atoms with Gasteiger partial charge in [0.05, 0.1) is 18.5 Å². The van der Waals surface area contributed by atoms with Crippen molar-refractivity contribution in [3.05, 3.63) is 75.2 Å². The fourth-order valence-corrected chi connectivity index (χ4v) is 4.88. The zero-order valence-electron chi connectivity index (χ0n) is 22.7. The van der Waals surface area contributed by atoms with Crippen LogP contribution in [0.5, 0.6) is 0 Å². The van der Waals surface area contributed by atoms with Crippen LogP contribution in [0.25, 0.3) is 0 Å². The van der Waals surface area contributed by atoms with Crippen molar-refractivity contribution < 1.29 is 34.8 Å². The molecule has 0 saturated heterocycles. The lowest BCUT2D eigenvalue weighted by molar-refractivity contribution is -0.170. The number of hydrogen-bond acceptors (Lipinski definition) is 7. The second-order valence-electron chi connectivity index (χ2n) is 9.69. The molecule has 3 rings (SSSR count). The molecule has 212 valence electrons. The van der Waals surface area contributed by atoms with Crippen molar-refractivity contribution in [2.24, 2.45) is 0 Å². The molecule has 11 heteroatoms. The van der Waals surface area contributed by atoms with Gasteiger partial charge >= 0.3 is 17.9 Å². The van der Waals surface area contributed by atoms with Crippen molar-refractivity contribution in [1.29, 1.82) is 0 Å². The predicted molar refractivity (Wildman–Crippen MR) is 148 cm³/mol. The SMILES string of the molecule is Cc1nn(C(C)C)c(C)c1CN(CCc1ccccc1)Cc1cccs1.O=C(O)CC(O)(CC(=O)O)C(=O)O. The molecule has 0 radical (unpaired) electrons. The van der Waals surface area contributed by atoms with Crippen LogP contribution in [0.3, 0.4) is 0 Å². The first-order valence-corrected chi connectivity index (χ1v) is 13.4. The summed E-state index contributed by atoms with van der Waals surface area (Å²) in [5.41, 5.74) is 2.50. The largest absolute Gasteiger partial charge is 0.481 e. The highest BCUT2D eigenvalue weighted by molar-refractivity contribution is 7.09. The van der Waals surface area contributed by atoms with Crippen molar-refractivity contribution in [1.82, 2.24) is 14.7 Å². The van der Waals surface area contributed by atoms with Crippen LogP contribution in [0.1, 0.15) is 60.1 Å². The Balaban J connectivity index is 0.000000349. The van der Waals surface area contributed by atoms with Crippen molar-refractivity contribution in [2.45, 2.75) is 71.7 Å². The highest BCUT2D eigenvalue weighted by Gasteiger charge is 2.40. The third-order valence-corrected chi connectivity index (χ3v) is 7.01. The number of nitrogens with zero attached hydrogens (tertiary/aromatic N) is 3. The number of rotatable bonds is 13. The molecule has 0 bridgehead atoms. The van der Waals surface area contributed by atoms with Crippen molar-refractivity contribution in [3.8, 4) is 0 Å². The highest BCUT2D eigenvalue weighted by Crippen LogP contribution is 2.21. The monoisotopic (exact) mass is 559 g/mol. The Morgan fingerprint density at radius 2 is 1.59 bits per heavy atom. The summed E-state index contributed by atoms with van der Waals surface area (Å²) in [6, 6.07) is 15.5. The molecule has 0 spiro atoms. The van der Waals surface area contributed by atoms with Crippen molar-refractivity contribution in [2.75, 3.05) is 6.54 Å². The molecular weight excluding hydrogens is 522 g/mol. The van der Waals surface area contributed by atoms with Crippen LogP contribution in [-0.4, -0.2) is 65.2 Å². The number of aromatic nitrogens is 2. The minimum Gasteiger partial charge on any atom is -0.481 e. The minimum atomic E-state index is -2.74. The number of aliphatic carboxylic acids is 3. The van der Waals surface area contributed by atoms with Crippen LogP contribution < -0.4 is 0 Å². The van der Waals surface area contributed by atoms with Gasteiger partial charge in [0.1, 0.15) is 0 Å². The zero-order chi connectivity index (χ0) is 29.2. The molecule has 2 aromatic heterocycles. The van der Waals surface area contributed by atoms with Gasteiger partial charge < -0.3 is 20.4 Å². The normalized spacial score (nSPS) is 11.4. The van der Waals surface area contributed by atoms with Crippen LogP contribution in [0.15, 0.2) is 47.8 Å². The van der Waals surface area contributed by atoms with Gasteiger partial charge in [0.25, 0.3) is 0 Å². The lowest BCUT2D eigenvalue weighted by atomic mass is 9.96. The van der Waals surface area contributed by atoms with Gasteiger partial charge in [-0.15, -0.1) is 11.3 Å². The van der Waals surface area contributed by atoms with E-state index >= 15 is 0 Å². The summed E-state index contributed by atoms with van der Waals surface area (Å²) in [6.45, 7) is 11.7. The molecular formula is C28H37N3O7S. The third kappa shape index (κ3) is 9.93. The molecule has 0 amide bonds. The topological polar surface area (TPSA) is 153 Å². The van der Waals surface area contributed by atoms with E-state index in [9.17, 15) is 14.4 Å². The minimum absolute atomic E-state index is 0.400. The third-order valence-electron chi connectivity index (χ3n) is 6.15. The summed E-state index contributed by atoms with van der Waals surface area (Å²) in [5.74, 6) is -5.02. The summed E-state index contributed by atoms with van der Waals surface area (Å²) in [5, 5.41) is 40.7. The zero-order valence-corrected chi connectivity index (χ0v) is 23.5. The first-order valence-electron chi connectivity index (χ1n) is 12.5. The standard InChI is InChI=1S/C22H29N3S.C6H8O7/c1-17(2)25-19(4)22(18(3)23-25)16-24(15-21-11-8-14-26-21)13-12-20-9-6-5-7-10-20;7-3(8)1-6(13,5(11)12)2-4(9)10/h5-11,14,17H,12-13,15-16H2,1-4H3;13H,1-2H2,(H,7,8)(H,9,10)(H,11,12). The summed E-state index contributed by atoms with van der Waals surface area (Å²) in [7, 11) is 0. The maximum Gasteiger partial charge on any atom is 0.336 e. The van der Waals surface area contributed by atoms with Gasteiger partial charge in [0, 0.05) is 41.8 Å². The summed E-state index contributed by atoms with van der Waals surface area (Å²) in [6.07, 6.45) is -1.22. The van der Waals surface area contributed by atoms with E-state index in [0.29, 0.717) is 6.04 Å². The Hall–Kier alpha value is -3.54. The van der Waals surface area contributed by atoms with Crippen molar-refractivity contribution >= 4 is 29.2 Å². The van der Waals surface area contributed by atoms with Gasteiger partial charge in [0.15, 0.2) is 5.60 Å². The number of aryl methyl sites for hydroxylation is 1. The average molecular weight is 560 g/mol. The summed E-state index contributed by atoms with van der Waals surface area (Å²) < 4.78 is 2.16. The summed E-state index contributed by atoms with van der Waals surface area (Å²) in [4.78, 5) is 34.5. The molecule has 3 aromatic rings. The Kier molecular flexibility index (Phi) is 11.8. The molecule has 0 aliphatic heterocycles.